The summed E-state index contributed by atoms with van der Waals surface area (Å²) in [7, 11) is 0. The second-order valence-corrected chi connectivity index (χ2v) is 11.0. The van der Waals surface area contributed by atoms with Gasteiger partial charge in [0.05, 0.1) is 33.0 Å². The molecule has 5 atom stereocenters. The van der Waals surface area contributed by atoms with Gasteiger partial charge in [-0.3, -0.25) is 0 Å². The van der Waals surface area contributed by atoms with Crippen LogP contribution in [0.4, 0.5) is 8.78 Å². The fraction of sp³-hybridized carbons (Fsp3) is 0.333. The van der Waals surface area contributed by atoms with E-state index in [-0.39, 0.29) is 33.0 Å². The van der Waals surface area contributed by atoms with E-state index in [2.05, 4.69) is 0 Å². The molecule has 9 heteroatoms. The molecule has 1 aliphatic rings. The van der Waals surface area contributed by atoms with Gasteiger partial charge in [-0.1, -0.05) is 121 Å². The van der Waals surface area contributed by atoms with Gasteiger partial charge in [0.2, 0.25) is 0 Å². The van der Waals surface area contributed by atoms with Crippen LogP contribution in [-0.4, -0.2) is 59.6 Å². The van der Waals surface area contributed by atoms with Crippen molar-refractivity contribution < 1.29 is 42.7 Å². The summed E-state index contributed by atoms with van der Waals surface area (Å²) in [5.41, 5.74) is 3.17. The molecule has 1 fully saturated rings. The van der Waals surface area contributed by atoms with Crippen LogP contribution in [0.2, 0.25) is 0 Å². The first-order chi connectivity index (χ1) is 21.9. The van der Waals surface area contributed by atoms with Crippen molar-refractivity contribution in [1.82, 2.24) is 0 Å². The molecule has 1 saturated heterocycles. The average molecular weight is 621 g/mol. The lowest BCUT2D eigenvalue weighted by Crippen LogP contribution is -2.73. The summed E-state index contributed by atoms with van der Waals surface area (Å²) in [6.45, 7) is -1.74. The van der Waals surface area contributed by atoms with Crippen molar-refractivity contribution in [3.8, 4) is 0 Å². The maximum Gasteiger partial charge on any atom is 0.325 e. The second-order valence-electron chi connectivity index (χ2n) is 11.0. The lowest BCUT2D eigenvalue weighted by Gasteiger charge is -2.52. The van der Waals surface area contributed by atoms with Crippen molar-refractivity contribution in [1.29, 1.82) is 0 Å². The van der Waals surface area contributed by atoms with E-state index >= 15 is 8.78 Å². The summed E-state index contributed by atoms with van der Waals surface area (Å²) in [5, 5.41) is 21.5. The number of halogens is 2. The summed E-state index contributed by atoms with van der Waals surface area (Å²) in [6, 6.07) is 36.9. The first kappa shape index (κ1) is 32.8. The Morgan fingerprint density at radius 3 is 1.44 bits per heavy atom. The van der Waals surface area contributed by atoms with Crippen molar-refractivity contribution in [2.75, 3.05) is 13.2 Å². The predicted molar refractivity (Wildman–Crippen MR) is 163 cm³/mol. The molecule has 0 aromatic heterocycles. The lowest BCUT2D eigenvalue weighted by atomic mass is 9.88. The van der Waals surface area contributed by atoms with Gasteiger partial charge < -0.3 is 33.9 Å². The number of aliphatic hydroxyl groups excluding tert-OH is 1. The standard InChI is InChI=1S/C36H38F2O7/c37-35(38,26-39)36(40)34(44-24-30-19-11-4-12-20-30)33(43-23-29-17-9-3-10-18-29)32(42-22-28-15-7-2-8-16-28)31(45-36)25-41-21-27-13-5-1-6-14-27/h1-20,31-34,39-40H,21-26H2/t31-,32+,33+,34-,36-/m1/s1. The molecule has 0 amide bonds. The maximum atomic E-state index is 15.6. The van der Waals surface area contributed by atoms with Gasteiger partial charge in [0.1, 0.15) is 31.0 Å². The van der Waals surface area contributed by atoms with Crippen LogP contribution in [0.1, 0.15) is 22.3 Å². The minimum absolute atomic E-state index is 0.0142. The predicted octanol–water partition coefficient (Wildman–Crippen LogP) is 5.67. The van der Waals surface area contributed by atoms with Gasteiger partial charge >= 0.3 is 5.92 Å². The molecule has 0 radical (unpaired) electrons. The summed E-state index contributed by atoms with van der Waals surface area (Å²) in [4.78, 5) is 0. The maximum absolute atomic E-state index is 15.6. The van der Waals surface area contributed by atoms with E-state index < -0.39 is 42.7 Å². The molecule has 4 aromatic rings. The van der Waals surface area contributed by atoms with E-state index in [0.717, 1.165) is 16.7 Å². The Hall–Kier alpha value is -3.54. The molecule has 0 aliphatic carbocycles. The van der Waals surface area contributed by atoms with Crippen molar-refractivity contribution in [2.24, 2.45) is 0 Å². The Morgan fingerprint density at radius 2 is 1.00 bits per heavy atom. The van der Waals surface area contributed by atoms with Crippen LogP contribution in [0.5, 0.6) is 0 Å². The van der Waals surface area contributed by atoms with E-state index in [1.54, 1.807) is 24.3 Å². The molecule has 2 N–H and O–H groups in total. The quantitative estimate of drug-likeness (QED) is 0.177. The molecule has 5 rings (SSSR count). The lowest BCUT2D eigenvalue weighted by molar-refractivity contribution is -0.427. The first-order valence-electron chi connectivity index (χ1n) is 14.9. The number of alkyl halides is 2. The fourth-order valence-corrected chi connectivity index (χ4v) is 5.26. The van der Waals surface area contributed by atoms with E-state index in [4.69, 9.17) is 23.7 Å². The average Bonchev–Trinajstić information content (AvgIpc) is 3.08. The van der Waals surface area contributed by atoms with Gasteiger partial charge in [0.25, 0.3) is 5.79 Å². The SMILES string of the molecule is OCC(F)(F)[C@]1(O)O[C@H](COCc2ccccc2)[C@H](OCc2ccccc2)[C@H](OCc2ccccc2)[C@H]1OCc1ccccc1. The molecule has 45 heavy (non-hydrogen) atoms. The van der Waals surface area contributed by atoms with Crippen LogP contribution in [0, 0.1) is 0 Å². The van der Waals surface area contributed by atoms with Crippen molar-refractivity contribution in [3.05, 3.63) is 144 Å². The van der Waals surface area contributed by atoms with Gasteiger partial charge in [-0.2, -0.15) is 8.78 Å². The fourth-order valence-electron chi connectivity index (χ4n) is 5.26. The van der Waals surface area contributed by atoms with Gasteiger partial charge in [0, 0.05) is 0 Å². The highest BCUT2D eigenvalue weighted by molar-refractivity contribution is 5.17. The number of benzene rings is 4. The second kappa shape index (κ2) is 15.6. The van der Waals surface area contributed by atoms with Crippen LogP contribution in [0.25, 0.3) is 0 Å². The minimum atomic E-state index is -4.13. The molecular formula is C36H38F2O7. The summed E-state index contributed by atoms with van der Waals surface area (Å²) < 4.78 is 61.8. The van der Waals surface area contributed by atoms with E-state index in [0.29, 0.717) is 5.56 Å². The van der Waals surface area contributed by atoms with Gasteiger partial charge in [-0.25, -0.2) is 0 Å². The molecule has 1 aliphatic heterocycles. The van der Waals surface area contributed by atoms with E-state index in [1.807, 2.05) is 97.1 Å². The third-order valence-electron chi connectivity index (χ3n) is 7.66. The third kappa shape index (κ3) is 8.39. The summed E-state index contributed by atoms with van der Waals surface area (Å²) >= 11 is 0. The topological polar surface area (TPSA) is 86.6 Å². The number of hydrogen-bond acceptors (Lipinski definition) is 7. The number of ether oxygens (including phenoxy) is 5. The number of rotatable bonds is 15. The Morgan fingerprint density at radius 1 is 0.600 bits per heavy atom. The van der Waals surface area contributed by atoms with Crippen LogP contribution in [0.3, 0.4) is 0 Å². The Balaban J connectivity index is 1.50. The monoisotopic (exact) mass is 620 g/mol. The molecule has 0 bridgehead atoms. The summed E-state index contributed by atoms with van der Waals surface area (Å²) in [6.07, 6.45) is -5.27. The largest absolute Gasteiger partial charge is 0.390 e. The molecular weight excluding hydrogens is 582 g/mol. The van der Waals surface area contributed by atoms with Gasteiger partial charge in [0.15, 0.2) is 0 Å². The van der Waals surface area contributed by atoms with Crippen LogP contribution in [-0.2, 0) is 50.1 Å². The molecule has 0 saturated carbocycles. The zero-order valence-electron chi connectivity index (χ0n) is 24.8. The summed E-state index contributed by atoms with van der Waals surface area (Å²) in [5.74, 6) is -7.42. The van der Waals surface area contributed by atoms with Crippen molar-refractivity contribution >= 4 is 0 Å². The number of aliphatic hydroxyl groups is 2. The minimum Gasteiger partial charge on any atom is -0.390 e. The van der Waals surface area contributed by atoms with E-state index in [1.165, 1.54) is 0 Å². The molecule has 1 heterocycles. The third-order valence-corrected chi connectivity index (χ3v) is 7.66. The first-order valence-corrected chi connectivity index (χ1v) is 14.9. The highest BCUT2D eigenvalue weighted by Crippen LogP contribution is 2.43. The molecule has 7 nitrogen and oxygen atoms in total. The highest BCUT2D eigenvalue weighted by atomic mass is 19.3. The van der Waals surface area contributed by atoms with Crippen LogP contribution in [0.15, 0.2) is 121 Å². The highest BCUT2D eigenvalue weighted by Gasteiger charge is 2.67. The Kier molecular flexibility index (Phi) is 11.4. The Labute approximate surface area is 261 Å². The van der Waals surface area contributed by atoms with E-state index in [9.17, 15) is 10.2 Å². The number of hydrogen-bond donors (Lipinski definition) is 2. The smallest absolute Gasteiger partial charge is 0.325 e. The molecule has 4 aromatic carbocycles. The molecule has 238 valence electrons. The normalized spacial score (nSPS) is 23.6. The van der Waals surface area contributed by atoms with Gasteiger partial charge in [-0.05, 0) is 22.3 Å². The zero-order chi connectivity index (χ0) is 31.5. The molecule has 0 unspecified atom stereocenters. The zero-order valence-corrected chi connectivity index (χ0v) is 24.8. The molecule has 0 spiro atoms. The Bertz CT molecular complexity index is 1410. The van der Waals surface area contributed by atoms with Crippen LogP contribution < -0.4 is 0 Å². The van der Waals surface area contributed by atoms with Gasteiger partial charge in [-0.15, -0.1) is 0 Å². The van der Waals surface area contributed by atoms with Crippen molar-refractivity contribution in [3.63, 3.8) is 0 Å². The van der Waals surface area contributed by atoms with Crippen LogP contribution >= 0.6 is 0 Å². The van der Waals surface area contributed by atoms with Crippen molar-refractivity contribution in [2.45, 2.75) is 62.6 Å².